The number of piperidine rings is 1. The van der Waals surface area contributed by atoms with Gasteiger partial charge in [0.2, 0.25) is 5.91 Å². The van der Waals surface area contributed by atoms with E-state index in [0.29, 0.717) is 13.1 Å². The summed E-state index contributed by atoms with van der Waals surface area (Å²) in [6, 6.07) is 12.2. The van der Waals surface area contributed by atoms with Crippen molar-refractivity contribution in [3.63, 3.8) is 0 Å². The first-order valence-corrected chi connectivity index (χ1v) is 10.1. The zero-order valence-electron chi connectivity index (χ0n) is 15.5. The highest BCUT2D eigenvalue weighted by Gasteiger charge is 2.30. The first-order chi connectivity index (χ1) is 12.6. The first-order valence-electron chi connectivity index (χ1n) is 9.24. The molecule has 0 N–H and O–H groups in total. The summed E-state index contributed by atoms with van der Waals surface area (Å²) in [6.45, 7) is 4.01. The first kappa shape index (κ1) is 18.6. The van der Waals surface area contributed by atoms with Gasteiger partial charge in [-0.05, 0) is 41.8 Å². The van der Waals surface area contributed by atoms with Crippen molar-refractivity contribution in [3.05, 3.63) is 57.8 Å². The van der Waals surface area contributed by atoms with E-state index in [9.17, 15) is 9.59 Å². The van der Waals surface area contributed by atoms with Gasteiger partial charge in [-0.2, -0.15) is 0 Å². The summed E-state index contributed by atoms with van der Waals surface area (Å²) >= 11 is 1.46. The highest BCUT2D eigenvalue weighted by atomic mass is 32.1. The molecule has 0 radical (unpaired) electrons. The van der Waals surface area contributed by atoms with E-state index in [0.717, 1.165) is 36.2 Å². The summed E-state index contributed by atoms with van der Waals surface area (Å²) in [4.78, 5) is 29.8. The monoisotopic (exact) mass is 370 g/mol. The van der Waals surface area contributed by atoms with Gasteiger partial charge in [0.15, 0.2) is 0 Å². The number of carbonyl (C=O) groups is 2. The second-order valence-electron chi connectivity index (χ2n) is 6.93. The zero-order chi connectivity index (χ0) is 18.5. The summed E-state index contributed by atoms with van der Waals surface area (Å²) in [5, 5.41) is 1.91. The smallest absolute Gasteiger partial charge is 0.263 e. The molecular weight excluding hydrogens is 344 g/mol. The molecule has 5 heteroatoms. The highest BCUT2D eigenvalue weighted by Crippen LogP contribution is 2.22. The number of nitrogens with zero attached hydrogens (tertiary/aromatic N) is 2. The van der Waals surface area contributed by atoms with E-state index in [1.54, 1.807) is 4.90 Å². The van der Waals surface area contributed by atoms with Crippen LogP contribution < -0.4 is 0 Å². The second-order valence-corrected chi connectivity index (χ2v) is 7.88. The van der Waals surface area contributed by atoms with E-state index in [-0.39, 0.29) is 17.7 Å². The number of amides is 2. The van der Waals surface area contributed by atoms with Crippen molar-refractivity contribution in [2.24, 2.45) is 5.92 Å². The number of benzene rings is 1. The van der Waals surface area contributed by atoms with E-state index >= 15 is 0 Å². The number of hydrogen-bond donors (Lipinski definition) is 0. The predicted molar refractivity (Wildman–Crippen MR) is 105 cm³/mol. The molecule has 0 spiro atoms. The largest absolute Gasteiger partial charge is 0.341 e. The van der Waals surface area contributed by atoms with Gasteiger partial charge in [0.25, 0.3) is 5.91 Å². The number of thiophene rings is 1. The summed E-state index contributed by atoms with van der Waals surface area (Å²) in [7, 11) is 1.86. The zero-order valence-corrected chi connectivity index (χ0v) is 16.3. The van der Waals surface area contributed by atoms with Crippen LogP contribution in [0, 0.1) is 5.92 Å². The maximum absolute atomic E-state index is 12.9. The van der Waals surface area contributed by atoms with Gasteiger partial charge in [-0.1, -0.05) is 37.3 Å². The van der Waals surface area contributed by atoms with Gasteiger partial charge in [-0.15, -0.1) is 11.3 Å². The minimum atomic E-state index is -0.104. The molecule has 1 atom stereocenters. The van der Waals surface area contributed by atoms with Crippen molar-refractivity contribution < 1.29 is 9.59 Å². The Bertz CT molecular complexity index is 740. The predicted octanol–water partition coefficient (Wildman–Crippen LogP) is 3.82. The van der Waals surface area contributed by atoms with Crippen LogP contribution in [0.25, 0.3) is 0 Å². The average Bonchev–Trinajstić information content (AvgIpc) is 3.22. The van der Waals surface area contributed by atoms with E-state index in [1.807, 2.05) is 29.5 Å². The van der Waals surface area contributed by atoms with Gasteiger partial charge in [-0.3, -0.25) is 9.59 Å². The molecule has 4 nitrogen and oxygen atoms in total. The summed E-state index contributed by atoms with van der Waals surface area (Å²) in [5.74, 6) is 0.0798. The molecular formula is C21H26N2O2S. The van der Waals surface area contributed by atoms with Gasteiger partial charge in [-0.25, -0.2) is 0 Å². The average molecular weight is 371 g/mol. The van der Waals surface area contributed by atoms with E-state index in [1.165, 1.54) is 16.9 Å². The number of likely N-dealkylation sites (tertiary alicyclic amines) is 1. The van der Waals surface area contributed by atoms with Crippen LogP contribution in [0.4, 0.5) is 0 Å². The summed E-state index contributed by atoms with van der Waals surface area (Å²) in [6.07, 6.45) is 2.75. The van der Waals surface area contributed by atoms with Crippen LogP contribution in [0.15, 0.2) is 41.8 Å². The summed E-state index contributed by atoms with van der Waals surface area (Å²) in [5.41, 5.74) is 2.44. The Morgan fingerprint density at radius 2 is 1.92 bits per heavy atom. The third-order valence-electron chi connectivity index (χ3n) is 5.02. The van der Waals surface area contributed by atoms with Crippen molar-refractivity contribution in [2.75, 3.05) is 20.1 Å². The SMILES string of the molecule is CCc1ccc(CN(C)C(=O)C2CCCN(C(=O)c3cccs3)C2)cc1. The molecule has 2 amide bonds. The van der Waals surface area contributed by atoms with Crippen LogP contribution in [-0.4, -0.2) is 41.8 Å². The lowest BCUT2D eigenvalue weighted by atomic mass is 9.96. The fourth-order valence-corrected chi connectivity index (χ4v) is 4.15. The Morgan fingerprint density at radius 3 is 2.58 bits per heavy atom. The van der Waals surface area contributed by atoms with Crippen LogP contribution in [0.3, 0.4) is 0 Å². The van der Waals surface area contributed by atoms with Crippen LogP contribution in [0.5, 0.6) is 0 Å². The molecule has 1 aromatic carbocycles. The lowest BCUT2D eigenvalue weighted by Gasteiger charge is -2.33. The van der Waals surface area contributed by atoms with Crippen molar-refractivity contribution in [1.29, 1.82) is 0 Å². The lowest BCUT2D eigenvalue weighted by molar-refractivity contribution is -0.136. The summed E-state index contributed by atoms with van der Waals surface area (Å²) < 4.78 is 0. The van der Waals surface area contributed by atoms with Crippen LogP contribution in [0.2, 0.25) is 0 Å². The van der Waals surface area contributed by atoms with Crippen molar-refractivity contribution in [3.8, 4) is 0 Å². The molecule has 3 rings (SSSR count). The van der Waals surface area contributed by atoms with Crippen molar-refractivity contribution >= 4 is 23.2 Å². The molecule has 2 heterocycles. The normalized spacial score (nSPS) is 17.2. The Hall–Kier alpha value is -2.14. The minimum Gasteiger partial charge on any atom is -0.341 e. The molecule has 1 aliphatic heterocycles. The Kier molecular flexibility index (Phi) is 6.09. The Labute approximate surface area is 159 Å². The molecule has 1 aromatic heterocycles. The van der Waals surface area contributed by atoms with E-state index in [2.05, 4.69) is 31.2 Å². The third kappa shape index (κ3) is 4.33. The number of hydrogen-bond acceptors (Lipinski definition) is 3. The fourth-order valence-electron chi connectivity index (χ4n) is 3.46. The van der Waals surface area contributed by atoms with Gasteiger partial charge < -0.3 is 9.80 Å². The second kappa shape index (κ2) is 8.49. The molecule has 0 saturated carbocycles. The van der Waals surface area contributed by atoms with Crippen molar-refractivity contribution in [1.82, 2.24) is 9.80 Å². The fraction of sp³-hybridized carbons (Fsp3) is 0.429. The Balaban J connectivity index is 1.60. The number of aryl methyl sites for hydroxylation is 1. The van der Waals surface area contributed by atoms with Crippen LogP contribution in [-0.2, 0) is 17.8 Å². The standard InChI is InChI=1S/C21H26N2O2S/c1-3-16-8-10-17(11-9-16)14-22(2)20(24)18-6-4-12-23(15-18)21(25)19-7-5-13-26-19/h5,7-11,13,18H,3-4,6,12,14-15H2,1-2H3. The maximum Gasteiger partial charge on any atom is 0.263 e. The quantitative estimate of drug-likeness (QED) is 0.803. The molecule has 26 heavy (non-hydrogen) atoms. The minimum absolute atomic E-state index is 0.0512. The van der Waals surface area contributed by atoms with Gasteiger partial charge >= 0.3 is 0 Å². The van der Waals surface area contributed by atoms with Gasteiger partial charge in [0.05, 0.1) is 10.8 Å². The maximum atomic E-state index is 12.9. The topological polar surface area (TPSA) is 40.6 Å². The Morgan fingerprint density at radius 1 is 1.19 bits per heavy atom. The molecule has 138 valence electrons. The van der Waals surface area contributed by atoms with Crippen LogP contribution in [0.1, 0.15) is 40.6 Å². The highest BCUT2D eigenvalue weighted by molar-refractivity contribution is 7.12. The molecule has 1 unspecified atom stereocenters. The van der Waals surface area contributed by atoms with Crippen molar-refractivity contribution in [2.45, 2.75) is 32.7 Å². The van der Waals surface area contributed by atoms with Gasteiger partial charge in [0.1, 0.15) is 0 Å². The third-order valence-corrected chi connectivity index (χ3v) is 5.87. The number of carbonyl (C=O) groups excluding carboxylic acids is 2. The molecule has 1 saturated heterocycles. The molecule has 2 aromatic rings. The molecule has 0 bridgehead atoms. The molecule has 1 aliphatic rings. The van der Waals surface area contributed by atoms with E-state index in [4.69, 9.17) is 0 Å². The van der Waals surface area contributed by atoms with E-state index < -0.39 is 0 Å². The molecule has 0 aliphatic carbocycles. The number of rotatable bonds is 5. The molecule has 1 fully saturated rings. The lowest BCUT2D eigenvalue weighted by Crippen LogP contribution is -2.45. The van der Waals surface area contributed by atoms with Gasteiger partial charge in [0, 0.05) is 26.7 Å². The van der Waals surface area contributed by atoms with Crippen LogP contribution >= 0.6 is 11.3 Å².